The van der Waals surface area contributed by atoms with Crippen molar-refractivity contribution in [3.8, 4) is 0 Å². The molecule has 1 unspecified atom stereocenters. The summed E-state index contributed by atoms with van der Waals surface area (Å²) in [5.41, 5.74) is 3.57. The van der Waals surface area contributed by atoms with Crippen LogP contribution in [0.5, 0.6) is 0 Å². The molecule has 3 heterocycles. The number of para-hydroxylation sites is 1. The average Bonchev–Trinajstić information content (AvgIpc) is 3.39. The number of amides is 1. The molecule has 1 saturated heterocycles. The minimum Gasteiger partial charge on any atom is -0.357 e. The fraction of sp³-hybridized carbons (Fsp3) is 0.500. The van der Waals surface area contributed by atoms with E-state index in [1.807, 2.05) is 41.0 Å². The number of aryl methyl sites for hydroxylation is 2. The Kier molecular flexibility index (Phi) is 7.74. The lowest BCUT2D eigenvalue weighted by Gasteiger charge is -2.29. The van der Waals surface area contributed by atoms with Crippen molar-refractivity contribution < 1.29 is 4.79 Å². The molecule has 2 aliphatic rings. The average molecular weight is 522 g/mol. The molecule has 1 fully saturated rings. The summed E-state index contributed by atoms with van der Waals surface area (Å²) < 4.78 is 1.85. The molecule has 7 nitrogen and oxygen atoms in total. The summed E-state index contributed by atoms with van der Waals surface area (Å²) in [4.78, 5) is 21.8. The van der Waals surface area contributed by atoms with E-state index in [0.29, 0.717) is 5.92 Å². The number of fused-ring (bicyclic) bond motifs is 1. The number of nitrogens with one attached hydrogen (secondary N) is 1. The number of likely N-dealkylation sites (tertiary alicyclic amines) is 1. The van der Waals surface area contributed by atoms with Crippen LogP contribution in [0.25, 0.3) is 0 Å². The van der Waals surface area contributed by atoms with Crippen LogP contribution in [0.3, 0.4) is 0 Å². The third kappa shape index (κ3) is 4.96. The second-order valence-corrected chi connectivity index (χ2v) is 7.83. The van der Waals surface area contributed by atoms with E-state index in [2.05, 4.69) is 34.5 Å². The molecular weight excluding hydrogens is 491 g/mol. The predicted octanol–water partition coefficient (Wildman–Crippen LogP) is 2.77. The molecule has 0 saturated carbocycles. The van der Waals surface area contributed by atoms with Gasteiger partial charge >= 0.3 is 0 Å². The normalized spacial score (nSPS) is 18.7. The van der Waals surface area contributed by atoms with E-state index in [-0.39, 0.29) is 36.4 Å². The fourth-order valence-corrected chi connectivity index (χ4v) is 4.32. The standard InChI is InChI=1S/C22H30N6O.HI/c1-3-23-22(27-12-10-18(16-27)19-13-25-26(2)15-19)24-14-21(29)28-11-6-8-17-7-4-5-9-20(17)28;/h4-5,7,9,13,15,18H,3,6,8,10-12,14,16H2,1-2H3,(H,23,24);1H. The number of aliphatic imine (C=N–C) groups is 1. The van der Waals surface area contributed by atoms with E-state index in [9.17, 15) is 4.79 Å². The van der Waals surface area contributed by atoms with Gasteiger partial charge in [-0.25, -0.2) is 4.99 Å². The summed E-state index contributed by atoms with van der Waals surface area (Å²) >= 11 is 0. The third-order valence-corrected chi connectivity index (χ3v) is 5.79. The van der Waals surface area contributed by atoms with E-state index in [4.69, 9.17) is 4.99 Å². The van der Waals surface area contributed by atoms with Crippen LogP contribution in [0.15, 0.2) is 41.7 Å². The van der Waals surface area contributed by atoms with Gasteiger partial charge in [-0.1, -0.05) is 18.2 Å². The van der Waals surface area contributed by atoms with Gasteiger partial charge in [0.25, 0.3) is 0 Å². The SMILES string of the molecule is CCNC(=NCC(=O)N1CCCc2ccccc21)N1CCC(c2cnn(C)c2)C1.I. The Labute approximate surface area is 195 Å². The Morgan fingerprint density at radius 2 is 2.13 bits per heavy atom. The van der Waals surface area contributed by atoms with Crippen LogP contribution in [0.4, 0.5) is 5.69 Å². The van der Waals surface area contributed by atoms with Crippen LogP contribution < -0.4 is 10.2 Å². The molecule has 0 bridgehead atoms. The first-order valence-corrected chi connectivity index (χ1v) is 10.6. The van der Waals surface area contributed by atoms with E-state index < -0.39 is 0 Å². The number of hydrogen-bond acceptors (Lipinski definition) is 3. The smallest absolute Gasteiger partial charge is 0.248 e. The molecule has 2 aliphatic heterocycles. The minimum atomic E-state index is 0. The zero-order chi connectivity index (χ0) is 20.2. The lowest BCUT2D eigenvalue weighted by molar-refractivity contribution is -0.117. The Bertz CT molecular complexity index is 895. The van der Waals surface area contributed by atoms with Crippen LogP contribution in [-0.4, -0.2) is 59.3 Å². The second kappa shape index (κ2) is 10.3. The zero-order valence-corrected chi connectivity index (χ0v) is 20.1. The number of guanidine groups is 1. The van der Waals surface area contributed by atoms with E-state index in [1.165, 1.54) is 11.1 Å². The summed E-state index contributed by atoms with van der Waals surface area (Å²) in [6, 6.07) is 8.20. The fourth-order valence-electron chi connectivity index (χ4n) is 4.32. The molecule has 8 heteroatoms. The Morgan fingerprint density at radius 3 is 2.90 bits per heavy atom. The van der Waals surface area contributed by atoms with Crippen molar-refractivity contribution in [2.45, 2.75) is 32.1 Å². The monoisotopic (exact) mass is 522 g/mol. The number of nitrogens with zero attached hydrogens (tertiary/aromatic N) is 5. The number of carbonyl (C=O) groups excluding carboxylic acids is 1. The van der Waals surface area contributed by atoms with Gasteiger partial charge in [0.15, 0.2) is 5.96 Å². The van der Waals surface area contributed by atoms with Crippen molar-refractivity contribution in [3.05, 3.63) is 47.8 Å². The number of carbonyl (C=O) groups is 1. The minimum absolute atomic E-state index is 0. The van der Waals surface area contributed by atoms with Crippen LogP contribution in [-0.2, 0) is 18.3 Å². The van der Waals surface area contributed by atoms with Crippen molar-refractivity contribution in [1.29, 1.82) is 0 Å². The van der Waals surface area contributed by atoms with Crippen molar-refractivity contribution in [2.24, 2.45) is 12.0 Å². The van der Waals surface area contributed by atoms with Crippen LogP contribution in [0, 0.1) is 0 Å². The van der Waals surface area contributed by atoms with Gasteiger partial charge in [-0.2, -0.15) is 5.10 Å². The highest BCUT2D eigenvalue weighted by molar-refractivity contribution is 14.0. The molecule has 30 heavy (non-hydrogen) atoms. The first-order chi connectivity index (χ1) is 14.2. The summed E-state index contributed by atoms with van der Waals surface area (Å²) in [6.07, 6.45) is 7.16. The summed E-state index contributed by atoms with van der Waals surface area (Å²) in [6.45, 7) is 5.63. The lowest BCUT2D eigenvalue weighted by Crippen LogP contribution is -2.42. The van der Waals surface area contributed by atoms with E-state index in [1.54, 1.807) is 0 Å². The first kappa shape index (κ1) is 22.6. The summed E-state index contributed by atoms with van der Waals surface area (Å²) in [5.74, 6) is 1.35. The number of halogens is 1. The zero-order valence-electron chi connectivity index (χ0n) is 17.8. The van der Waals surface area contributed by atoms with Crippen LogP contribution >= 0.6 is 24.0 Å². The maximum absolute atomic E-state index is 12.9. The van der Waals surface area contributed by atoms with Crippen molar-refractivity contribution in [2.75, 3.05) is 37.6 Å². The van der Waals surface area contributed by atoms with Crippen molar-refractivity contribution >= 4 is 41.5 Å². The van der Waals surface area contributed by atoms with E-state index in [0.717, 1.165) is 57.1 Å². The molecule has 2 aromatic rings. The van der Waals surface area contributed by atoms with Gasteiger partial charge in [0.2, 0.25) is 5.91 Å². The maximum atomic E-state index is 12.9. The molecular formula is C22H31IN6O. The molecule has 1 aromatic heterocycles. The summed E-state index contributed by atoms with van der Waals surface area (Å²) in [5, 5.41) is 7.66. The van der Waals surface area contributed by atoms with Gasteiger partial charge < -0.3 is 15.1 Å². The number of rotatable bonds is 4. The molecule has 1 atom stereocenters. The Balaban J connectivity index is 0.00000256. The number of benzene rings is 1. The Hall–Kier alpha value is -2.10. The Morgan fingerprint density at radius 1 is 1.30 bits per heavy atom. The molecule has 1 N–H and O–H groups in total. The number of aromatic nitrogens is 2. The highest BCUT2D eigenvalue weighted by Gasteiger charge is 2.27. The maximum Gasteiger partial charge on any atom is 0.248 e. The number of anilines is 1. The van der Waals surface area contributed by atoms with Crippen molar-refractivity contribution in [3.63, 3.8) is 0 Å². The van der Waals surface area contributed by atoms with Gasteiger partial charge in [0.05, 0.1) is 6.20 Å². The number of hydrogen-bond donors (Lipinski definition) is 1. The molecule has 0 aliphatic carbocycles. The van der Waals surface area contributed by atoms with Gasteiger partial charge in [-0.3, -0.25) is 9.48 Å². The van der Waals surface area contributed by atoms with E-state index >= 15 is 0 Å². The van der Waals surface area contributed by atoms with Gasteiger partial charge in [-0.15, -0.1) is 24.0 Å². The first-order valence-electron chi connectivity index (χ1n) is 10.6. The van der Waals surface area contributed by atoms with Gasteiger partial charge in [0, 0.05) is 51.0 Å². The van der Waals surface area contributed by atoms with Crippen molar-refractivity contribution in [1.82, 2.24) is 20.0 Å². The van der Waals surface area contributed by atoms with Gasteiger partial charge in [0.1, 0.15) is 6.54 Å². The highest BCUT2D eigenvalue weighted by Crippen LogP contribution is 2.28. The predicted molar refractivity (Wildman–Crippen MR) is 131 cm³/mol. The quantitative estimate of drug-likeness (QED) is 0.381. The molecule has 1 aromatic carbocycles. The molecule has 1 amide bonds. The lowest BCUT2D eigenvalue weighted by atomic mass is 10.0. The van der Waals surface area contributed by atoms with Crippen LogP contribution in [0.1, 0.15) is 36.8 Å². The molecule has 0 spiro atoms. The van der Waals surface area contributed by atoms with Gasteiger partial charge in [-0.05, 0) is 43.4 Å². The largest absolute Gasteiger partial charge is 0.357 e. The highest BCUT2D eigenvalue weighted by atomic mass is 127. The molecule has 4 rings (SSSR count). The summed E-state index contributed by atoms with van der Waals surface area (Å²) in [7, 11) is 1.95. The molecule has 0 radical (unpaired) electrons. The topological polar surface area (TPSA) is 65.8 Å². The third-order valence-electron chi connectivity index (χ3n) is 5.79. The second-order valence-electron chi connectivity index (χ2n) is 7.83. The molecule has 162 valence electrons. The van der Waals surface area contributed by atoms with Crippen LogP contribution in [0.2, 0.25) is 0 Å².